The van der Waals surface area contributed by atoms with Crippen LogP contribution in [-0.4, -0.2) is 42.5 Å². The molecule has 0 radical (unpaired) electrons. The van der Waals surface area contributed by atoms with E-state index in [4.69, 9.17) is 16.3 Å². The van der Waals surface area contributed by atoms with E-state index in [2.05, 4.69) is 5.32 Å². The van der Waals surface area contributed by atoms with Crippen molar-refractivity contribution in [3.8, 4) is 5.75 Å². The van der Waals surface area contributed by atoms with Crippen LogP contribution in [0.3, 0.4) is 0 Å². The van der Waals surface area contributed by atoms with Gasteiger partial charge in [0.05, 0.1) is 24.6 Å². The topological polar surface area (TPSA) is 58.6 Å². The fourth-order valence-electron chi connectivity index (χ4n) is 4.40. The molecule has 146 valence electrons. The minimum Gasteiger partial charge on any atom is -0.495 e. The third-order valence-electron chi connectivity index (χ3n) is 5.73. The zero-order chi connectivity index (χ0) is 19.7. The summed E-state index contributed by atoms with van der Waals surface area (Å²) >= 11 is 6.18. The average molecular weight is 399 g/mol. The van der Waals surface area contributed by atoms with Gasteiger partial charge >= 0.3 is 0 Å². The number of piperidine rings is 1. The second kappa shape index (κ2) is 7.84. The predicted molar refractivity (Wildman–Crippen MR) is 108 cm³/mol. The van der Waals surface area contributed by atoms with Crippen molar-refractivity contribution in [2.45, 2.75) is 31.3 Å². The van der Waals surface area contributed by atoms with Crippen molar-refractivity contribution in [3.63, 3.8) is 0 Å². The van der Waals surface area contributed by atoms with Crippen LogP contribution in [0.1, 0.15) is 28.8 Å². The molecular weight excluding hydrogens is 376 g/mol. The zero-order valence-corrected chi connectivity index (χ0v) is 16.5. The number of benzene rings is 2. The molecule has 1 aliphatic heterocycles. The van der Waals surface area contributed by atoms with Gasteiger partial charge in [0.15, 0.2) is 0 Å². The number of nitrogens with zero attached hydrogens (tertiary/aromatic N) is 1. The van der Waals surface area contributed by atoms with Crippen molar-refractivity contribution in [2.24, 2.45) is 5.92 Å². The number of carbonyl (C=O) groups is 2. The quantitative estimate of drug-likeness (QED) is 0.840. The number of nitrogens with one attached hydrogen (secondary N) is 1. The van der Waals surface area contributed by atoms with Gasteiger partial charge in [-0.2, -0.15) is 0 Å². The molecule has 3 atom stereocenters. The van der Waals surface area contributed by atoms with E-state index >= 15 is 0 Å². The molecule has 2 bridgehead atoms. The van der Waals surface area contributed by atoms with Gasteiger partial charge in [0, 0.05) is 18.2 Å². The highest BCUT2D eigenvalue weighted by atomic mass is 35.5. The first-order valence-electron chi connectivity index (χ1n) is 9.53. The Balaban J connectivity index is 1.41. The van der Waals surface area contributed by atoms with E-state index in [0.29, 0.717) is 28.7 Å². The van der Waals surface area contributed by atoms with Crippen LogP contribution < -0.4 is 10.1 Å². The summed E-state index contributed by atoms with van der Waals surface area (Å²) in [5.74, 6) is 1.05. The Hall–Kier alpha value is -2.53. The number of fused-ring (bicyclic) bond motifs is 2. The van der Waals surface area contributed by atoms with E-state index in [1.807, 2.05) is 29.2 Å². The summed E-state index contributed by atoms with van der Waals surface area (Å²) in [6.45, 7) is 0.769. The second-order valence-corrected chi connectivity index (χ2v) is 7.95. The Morgan fingerprint density at radius 1 is 1.18 bits per heavy atom. The van der Waals surface area contributed by atoms with E-state index in [9.17, 15) is 9.59 Å². The second-order valence-electron chi connectivity index (χ2n) is 7.54. The van der Waals surface area contributed by atoms with E-state index in [1.54, 1.807) is 31.4 Å². The van der Waals surface area contributed by atoms with Crippen molar-refractivity contribution in [2.75, 3.05) is 13.7 Å². The molecule has 1 aliphatic carbocycles. The van der Waals surface area contributed by atoms with Crippen LogP contribution in [0.5, 0.6) is 5.75 Å². The lowest BCUT2D eigenvalue weighted by Gasteiger charge is -2.34. The molecule has 4 rings (SSSR count). The molecule has 0 aromatic heterocycles. The van der Waals surface area contributed by atoms with E-state index in [-0.39, 0.29) is 23.9 Å². The van der Waals surface area contributed by atoms with Crippen LogP contribution >= 0.6 is 11.6 Å². The van der Waals surface area contributed by atoms with E-state index < -0.39 is 0 Å². The number of carbonyl (C=O) groups excluding carboxylic acids is 2. The molecule has 1 saturated carbocycles. The molecule has 5 nitrogen and oxygen atoms in total. The molecule has 1 heterocycles. The number of rotatable bonds is 5. The first kappa shape index (κ1) is 18.8. The van der Waals surface area contributed by atoms with Gasteiger partial charge in [-0.25, -0.2) is 0 Å². The molecule has 2 aromatic carbocycles. The first-order chi connectivity index (χ1) is 13.5. The number of ether oxygens (including phenoxy) is 1. The molecule has 0 unspecified atom stereocenters. The lowest BCUT2D eigenvalue weighted by molar-refractivity contribution is -0.132. The van der Waals surface area contributed by atoms with Gasteiger partial charge in [-0.1, -0.05) is 35.9 Å². The fourth-order valence-corrected chi connectivity index (χ4v) is 4.68. The van der Waals surface area contributed by atoms with Crippen molar-refractivity contribution < 1.29 is 14.3 Å². The Labute approximate surface area is 169 Å². The average Bonchev–Trinajstić information content (AvgIpc) is 3.29. The third kappa shape index (κ3) is 3.72. The molecule has 2 aromatic rings. The molecule has 0 spiro atoms. The third-order valence-corrected chi connectivity index (χ3v) is 6.02. The minimum atomic E-state index is -0.0764. The normalized spacial score (nSPS) is 22.9. The van der Waals surface area contributed by atoms with Crippen LogP contribution in [-0.2, 0) is 11.2 Å². The van der Waals surface area contributed by atoms with E-state index in [0.717, 1.165) is 24.9 Å². The molecule has 2 amide bonds. The Morgan fingerprint density at radius 2 is 1.96 bits per heavy atom. The Kier molecular flexibility index (Phi) is 5.27. The van der Waals surface area contributed by atoms with Crippen LogP contribution in [0.4, 0.5) is 0 Å². The summed E-state index contributed by atoms with van der Waals surface area (Å²) in [7, 11) is 1.57. The summed E-state index contributed by atoms with van der Waals surface area (Å²) in [6.07, 6.45) is 2.18. The fraction of sp³-hybridized carbons (Fsp3) is 0.364. The van der Waals surface area contributed by atoms with Crippen LogP contribution in [0.15, 0.2) is 48.5 Å². The highest BCUT2D eigenvalue weighted by Gasteiger charge is 2.47. The predicted octanol–water partition coefficient (Wildman–Crippen LogP) is 3.31. The molecule has 1 N–H and O–H groups in total. The highest BCUT2D eigenvalue weighted by molar-refractivity contribution is 6.32. The lowest BCUT2D eigenvalue weighted by atomic mass is 10.0. The van der Waals surface area contributed by atoms with Gasteiger partial charge in [-0.3, -0.25) is 9.59 Å². The lowest BCUT2D eigenvalue weighted by Crippen LogP contribution is -2.52. The summed E-state index contributed by atoms with van der Waals surface area (Å²) < 4.78 is 5.16. The Bertz CT molecular complexity index is 887. The van der Waals surface area contributed by atoms with Crippen molar-refractivity contribution >= 4 is 23.4 Å². The highest BCUT2D eigenvalue weighted by Crippen LogP contribution is 2.38. The van der Waals surface area contributed by atoms with E-state index in [1.165, 1.54) is 0 Å². The number of hydrogen-bond acceptors (Lipinski definition) is 3. The van der Waals surface area contributed by atoms with Crippen molar-refractivity contribution in [3.05, 3.63) is 64.7 Å². The molecule has 28 heavy (non-hydrogen) atoms. The number of methoxy groups -OCH3 is 1. The van der Waals surface area contributed by atoms with Gasteiger partial charge in [0.1, 0.15) is 5.75 Å². The van der Waals surface area contributed by atoms with Gasteiger partial charge in [-0.05, 0) is 48.6 Å². The van der Waals surface area contributed by atoms with Gasteiger partial charge < -0.3 is 15.0 Å². The largest absolute Gasteiger partial charge is 0.495 e. The maximum absolute atomic E-state index is 12.9. The summed E-state index contributed by atoms with van der Waals surface area (Å²) in [5.41, 5.74) is 1.51. The van der Waals surface area contributed by atoms with Crippen LogP contribution in [0, 0.1) is 5.92 Å². The number of hydrogen-bond donors (Lipinski definition) is 1. The maximum Gasteiger partial charge on any atom is 0.251 e. The number of halogens is 1. The van der Waals surface area contributed by atoms with Crippen LogP contribution in [0.25, 0.3) is 0 Å². The zero-order valence-electron chi connectivity index (χ0n) is 15.7. The number of amides is 2. The standard InChI is InChI=1S/C22H23ClN2O3/c1-28-20-8-7-14(9-17(20)23)12-21(26)25-13-15-10-18(19(25)11-15)24-22(27)16-5-3-2-4-6-16/h2-9,15,18-19H,10-13H2,1H3,(H,24,27)/t15-,18+,19-/m1/s1. The first-order valence-corrected chi connectivity index (χ1v) is 9.90. The summed E-state index contributed by atoms with van der Waals surface area (Å²) in [4.78, 5) is 27.3. The molecule has 2 fully saturated rings. The molecular formula is C22H23ClN2O3. The smallest absolute Gasteiger partial charge is 0.251 e. The number of likely N-dealkylation sites (tertiary alicyclic amines) is 1. The monoisotopic (exact) mass is 398 g/mol. The van der Waals surface area contributed by atoms with Crippen molar-refractivity contribution in [1.29, 1.82) is 0 Å². The van der Waals surface area contributed by atoms with Gasteiger partial charge in [0.2, 0.25) is 5.91 Å². The molecule has 6 heteroatoms. The maximum atomic E-state index is 12.9. The molecule has 2 aliphatic rings. The van der Waals surface area contributed by atoms with Crippen LogP contribution in [0.2, 0.25) is 5.02 Å². The summed E-state index contributed by atoms with van der Waals surface area (Å²) in [5, 5.41) is 3.63. The van der Waals surface area contributed by atoms with Gasteiger partial charge in [0.25, 0.3) is 5.91 Å². The SMILES string of the molecule is COc1ccc(CC(=O)N2C[C@@H]3C[C@H](NC(=O)c4ccccc4)[C@H]2C3)cc1Cl. The minimum absolute atomic E-state index is 0.00913. The van der Waals surface area contributed by atoms with Crippen molar-refractivity contribution in [1.82, 2.24) is 10.2 Å². The molecule has 1 saturated heterocycles. The summed E-state index contributed by atoms with van der Waals surface area (Å²) in [6, 6.07) is 14.7. The van der Waals surface area contributed by atoms with Gasteiger partial charge in [-0.15, -0.1) is 0 Å². The Morgan fingerprint density at radius 3 is 2.64 bits per heavy atom.